The molecule has 0 aliphatic heterocycles. The summed E-state index contributed by atoms with van der Waals surface area (Å²) in [6.45, 7) is 1.39. The Kier molecular flexibility index (Phi) is 3.34. The first-order valence-corrected chi connectivity index (χ1v) is 4.24. The van der Waals surface area contributed by atoms with Gasteiger partial charge in [-0.15, -0.1) is 0 Å². The lowest BCUT2D eigenvalue weighted by Crippen LogP contribution is -2.26. The van der Waals surface area contributed by atoms with Crippen molar-refractivity contribution in [3.8, 4) is 0 Å². The minimum Gasteiger partial charge on any atom is -0.451 e. The molecule has 0 fully saturated rings. The Bertz CT molecular complexity index is 332. The van der Waals surface area contributed by atoms with Gasteiger partial charge in [0.25, 0.3) is 0 Å². The number of hydrogen-bond acceptors (Lipinski definition) is 2. The van der Waals surface area contributed by atoms with Crippen LogP contribution in [0.5, 0.6) is 0 Å². The molecule has 0 aliphatic rings. The minimum atomic E-state index is -4.94. The third kappa shape index (κ3) is 3.27. The van der Waals surface area contributed by atoms with E-state index >= 15 is 0 Å². The molecule has 15 heavy (non-hydrogen) atoms. The Morgan fingerprint density at radius 2 is 1.80 bits per heavy atom. The van der Waals surface area contributed by atoms with Gasteiger partial charge in [-0.2, -0.15) is 13.2 Å². The summed E-state index contributed by atoms with van der Waals surface area (Å²) in [6, 6.07) is 8.23. The fourth-order valence-electron chi connectivity index (χ4n) is 1.02. The third-order valence-electron chi connectivity index (χ3n) is 1.78. The van der Waals surface area contributed by atoms with Crippen molar-refractivity contribution in [2.75, 3.05) is 0 Å². The zero-order valence-electron chi connectivity index (χ0n) is 7.91. The van der Waals surface area contributed by atoms with Crippen LogP contribution in [0.15, 0.2) is 30.3 Å². The lowest BCUT2D eigenvalue weighted by Gasteiger charge is -2.14. The van der Waals surface area contributed by atoms with Crippen LogP contribution in [-0.2, 0) is 9.53 Å². The number of halogens is 3. The van der Waals surface area contributed by atoms with Gasteiger partial charge >= 0.3 is 12.1 Å². The Morgan fingerprint density at radius 3 is 2.27 bits per heavy atom. The molecule has 0 heterocycles. The molecule has 0 unspecified atom stereocenters. The summed E-state index contributed by atoms with van der Waals surface area (Å²) >= 11 is 0. The molecule has 82 valence electrons. The van der Waals surface area contributed by atoms with E-state index in [-0.39, 0.29) is 0 Å². The van der Waals surface area contributed by atoms with E-state index in [2.05, 4.69) is 4.74 Å². The smallest absolute Gasteiger partial charge is 0.451 e. The Balaban J connectivity index is 2.65. The first kappa shape index (κ1) is 11.6. The summed E-state index contributed by atoms with van der Waals surface area (Å²) < 4.78 is 39.8. The van der Waals surface area contributed by atoms with Crippen LogP contribution in [0.4, 0.5) is 13.2 Å². The number of hydrogen-bond donors (Lipinski definition) is 0. The summed E-state index contributed by atoms with van der Waals surface area (Å²) in [5.74, 6) is -2.17. The van der Waals surface area contributed by atoms with Gasteiger partial charge in [0, 0.05) is 0 Å². The normalized spacial score (nSPS) is 13.3. The molecule has 0 saturated carbocycles. The lowest BCUT2D eigenvalue weighted by atomic mass is 10.1. The topological polar surface area (TPSA) is 26.3 Å². The zero-order valence-corrected chi connectivity index (χ0v) is 7.91. The molecular weight excluding hydrogens is 209 g/mol. The predicted molar refractivity (Wildman–Crippen MR) is 47.0 cm³/mol. The monoisotopic (exact) mass is 218 g/mol. The molecule has 0 amide bonds. The SMILES string of the molecule is C[C@@H](OC(=O)C(F)(F)F)c1ccccc1. The molecule has 0 spiro atoms. The average Bonchev–Trinajstić information content (AvgIpc) is 2.17. The van der Waals surface area contributed by atoms with Crippen molar-refractivity contribution < 1.29 is 22.7 Å². The zero-order chi connectivity index (χ0) is 11.5. The molecule has 1 atom stereocenters. The summed E-state index contributed by atoms with van der Waals surface area (Å²) in [7, 11) is 0. The summed E-state index contributed by atoms with van der Waals surface area (Å²) in [4.78, 5) is 10.5. The van der Waals surface area contributed by atoms with E-state index in [1.165, 1.54) is 6.92 Å². The Hall–Kier alpha value is -1.52. The first-order valence-electron chi connectivity index (χ1n) is 4.24. The van der Waals surface area contributed by atoms with Crippen molar-refractivity contribution in [1.29, 1.82) is 0 Å². The van der Waals surface area contributed by atoms with Gasteiger partial charge in [-0.05, 0) is 12.5 Å². The van der Waals surface area contributed by atoms with Gasteiger partial charge < -0.3 is 4.74 Å². The van der Waals surface area contributed by atoms with Crippen LogP contribution in [0.25, 0.3) is 0 Å². The van der Waals surface area contributed by atoms with Gasteiger partial charge in [0.15, 0.2) is 0 Å². The van der Waals surface area contributed by atoms with Crippen LogP contribution in [0, 0.1) is 0 Å². The van der Waals surface area contributed by atoms with Crippen LogP contribution in [0.1, 0.15) is 18.6 Å². The third-order valence-corrected chi connectivity index (χ3v) is 1.78. The number of ether oxygens (including phenoxy) is 1. The molecule has 2 nitrogen and oxygen atoms in total. The molecule has 1 rings (SSSR count). The standard InChI is InChI=1S/C10H9F3O2/c1-7(8-5-3-2-4-6-8)15-9(14)10(11,12)13/h2-7H,1H3/t7-/m1/s1. The van der Waals surface area contributed by atoms with Crippen molar-refractivity contribution >= 4 is 5.97 Å². The van der Waals surface area contributed by atoms with Gasteiger partial charge in [-0.3, -0.25) is 0 Å². The van der Waals surface area contributed by atoms with E-state index in [0.29, 0.717) is 5.56 Å². The van der Waals surface area contributed by atoms with Crippen LogP contribution >= 0.6 is 0 Å². The summed E-state index contributed by atoms with van der Waals surface area (Å²) in [5.41, 5.74) is 0.523. The van der Waals surface area contributed by atoms with Crippen molar-refractivity contribution in [3.05, 3.63) is 35.9 Å². The predicted octanol–water partition coefficient (Wildman–Crippen LogP) is 2.85. The molecular formula is C10H9F3O2. The molecule has 5 heteroatoms. The van der Waals surface area contributed by atoms with Gasteiger partial charge in [-0.25, -0.2) is 4.79 Å². The molecule has 0 bridgehead atoms. The fraction of sp³-hybridized carbons (Fsp3) is 0.300. The van der Waals surface area contributed by atoms with E-state index in [0.717, 1.165) is 0 Å². The molecule has 0 aliphatic carbocycles. The number of benzene rings is 1. The number of alkyl halides is 3. The number of rotatable bonds is 2. The quantitative estimate of drug-likeness (QED) is 0.713. The fourth-order valence-corrected chi connectivity index (χ4v) is 1.02. The van der Waals surface area contributed by atoms with Crippen molar-refractivity contribution in [3.63, 3.8) is 0 Å². The lowest BCUT2D eigenvalue weighted by molar-refractivity contribution is -0.204. The molecule has 1 aromatic carbocycles. The van der Waals surface area contributed by atoms with Crippen LogP contribution < -0.4 is 0 Å². The molecule has 0 N–H and O–H groups in total. The number of esters is 1. The van der Waals surface area contributed by atoms with Crippen LogP contribution in [0.3, 0.4) is 0 Å². The van der Waals surface area contributed by atoms with Crippen molar-refractivity contribution in [1.82, 2.24) is 0 Å². The number of carbonyl (C=O) groups is 1. The van der Waals surface area contributed by atoms with E-state index in [1.54, 1.807) is 30.3 Å². The maximum absolute atomic E-state index is 11.9. The van der Waals surface area contributed by atoms with E-state index in [9.17, 15) is 18.0 Å². The first-order chi connectivity index (χ1) is 6.91. The van der Waals surface area contributed by atoms with Gasteiger partial charge in [0.1, 0.15) is 6.10 Å². The molecule has 0 saturated heterocycles. The maximum atomic E-state index is 11.9. The van der Waals surface area contributed by atoms with E-state index in [4.69, 9.17) is 0 Å². The van der Waals surface area contributed by atoms with Crippen LogP contribution in [0.2, 0.25) is 0 Å². The van der Waals surface area contributed by atoms with Crippen LogP contribution in [-0.4, -0.2) is 12.1 Å². The minimum absolute atomic E-state index is 0.523. The summed E-state index contributed by atoms with van der Waals surface area (Å²) in [6.07, 6.45) is -5.84. The van der Waals surface area contributed by atoms with Gasteiger partial charge in [-0.1, -0.05) is 30.3 Å². The molecule has 0 aromatic heterocycles. The Morgan fingerprint density at radius 1 is 1.27 bits per heavy atom. The highest BCUT2D eigenvalue weighted by atomic mass is 19.4. The highest BCUT2D eigenvalue weighted by Crippen LogP contribution is 2.23. The van der Waals surface area contributed by atoms with E-state index < -0.39 is 18.2 Å². The van der Waals surface area contributed by atoms with Gasteiger partial charge in [0.05, 0.1) is 0 Å². The number of carbonyl (C=O) groups excluding carboxylic acids is 1. The highest BCUT2D eigenvalue weighted by molar-refractivity contribution is 5.75. The highest BCUT2D eigenvalue weighted by Gasteiger charge is 2.41. The second-order valence-electron chi connectivity index (χ2n) is 2.96. The average molecular weight is 218 g/mol. The largest absolute Gasteiger partial charge is 0.490 e. The van der Waals surface area contributed by atoms with E-state index in [1.807, 2.05) is 0 Å². The second-order valence-corrected chi connectivity index (χ2v) is 2.96. The van der Waals surface area contributed by atoms with Crippen molar-refractivity contribution in [2.24, 2.45) is 0 Å². The second kappa shape index (κ2) is 4.33. The Labute approximate surface area is 84.7 Å². The van der Waals surface area contributed by atoms with Crippen molar-refractivity contribution in [2.45, 2.75) is 19.2 Å². The summed E-state index contributed by atoms with van der Waals surface area (Å²) in [5, 5.41) is 0. The van der Waals surface area contributed by atoms with Gasteiger partial charge in [0.2, 0.25) is 0 Å². The molecule has 1 aromatic rings. The molecule has 0 radical (unpaired) electrons. The maximum Gasteiger partial charge on any atom is 0.490 e.